The van der Waals surface area contributed by atoms with Crippen molar-refractivity contribution in [3.8, 4) is 11.3 Å². The van der Waals surface area contributed by atoms with Gasteiger partial charge in [-0.15, -0.1) is 0 Å². The standard InChI is InChI=1S/C25H29N9O/c1-2-15-10-16(11-17-12-27-24(32-22(15)17)30-19-4-3-9-26-13-19)20-7-8-21-23(28-14-29-34(20)21)33-25(35)31-18-5-6-18/h7-8,10-12,14,18-19,26H,2-6,9,13H2,1H3,(H,27,30,32)(H2,28,29,31,33,35)/t19-/m1/s1. The van der Waals surface area contributed by atoms with E-state index in [-0.39, 0.29) is 12.1 Å². The Morgan fingerprint density at radius 1 is 1.17 bits per heavy atom. The average Bonchev–Trinajstić information content (AvgIpc) is 3.58. The molecule has 1 aliphatic heterocycles. The number of nitrogens with one attached hydrogen (secondary N) is 4. The average molecular weight is 472 g/mol. The largest absolute Gasteiger partial charge is 0.350 e. The van der Waals surface area contributed by atoms with Crippen LogP contribution >= 0.6 is 0 Å². The van der Waals surface area contributed by atoms with Gasteiger partial charge < -0.3 is 16.0 Å². The molecule has 0 unspecified atom stereocenters. The Kier molecular flexibility index (Phi) is 5.65. The van der Waals surface area contributed by atoms with Crippen molar-refractivity contribution >= 4 is 34.2 Å². The molecule has 0 radical (unpaired) electrons. The van der Waals surface area contributed by atoms with Crippen molar-refractivity contribution < 1.29 is 4.79 Å². The zero-order valence-electron chi connectivity index (χ0n) is 19.7. The molecule has 1 saturated carbocycles. The summed E-state index contributed by atoms with van der Waals surface area (Å²) in [5.74, 6) is 1.16. The molecule has 2 aliphatic rings. The van der Waals surface area contributed by atoms with Gasteiger partial charge >= 0.3 is 6.03 Å². The number of amides is 2. The Hall–Kier alpha value is -3.79. The Morgan fingerprint density at radius 3 is 2.89 bits per heavy atom. The molecule has 2 fully saturated rings. The number of benzene rings is 1. The summed E-state index contributed by atoms with van der Waals surface area (Å²) in [6.07, 6.45) is 8.54. The van der Waals surface area contributed by atoms with Gasteiger partial charge in [0, 0.05) is 35.8 Å². The summed E-state index contributed by atoms with van der Waals surface area (Å²) in [4.78, 5) is 26.0. The SMILES string of the molecule is CCc1cc(-c2ccc3c(NC(=O)NC4CC4)ncnn23)cc2cnc(N[C@@H]3CCCNC3)nc12. The fourth-order valence-electron chi connectivity index (χ4n) is 4.67. The molecule has 180 valence electrons. The molecule has 1 aromatic carbocycles. The van der Waals surface area contributed by atoms with Crippen molar-refractivity contribution in [2.45, 2.75) is 51.1 Å². The smallest absolute Gasteiger partial charge is 0.320 e. The van der Waals surface area contributed by atoms with E-state index in [4.69, 9.17) is 4.98 Å². The maximum atomic E-state index is 12.3. The van der Waals surface area contributed by atoms with E-state index in [1.54, 1.807) is 0 Å². The van der Waals surface area contributed by atoms with Crippen molar-refractivity contribution in [1.82, 2.24) is 35.2 Å². The molecule has 1 saturated heterocycles. The molecular weight excluding hydrogens is 442 g/mol. The number of hydrogen-bond acceptors (Lipinski definition) is 7. The fourth-order valence-corrected chi connectivity index (χ4v) is 4.67. The molecular formula is C25H29N9O. The molecule has 4 N–H and O–H groups in total. The van der Waals surface area contributed by atoms with Gasteiger partial charge in [0.25, 0.3) is 0 Å². The van der Waals surface area contributed by atoms with Gasteiger partial charge in [0.15, 0.2) is 5.82 Å². The van der Waals surface area contributed by atoms with Gasteiger partial charge in [-0.3, -0.25) is 5.32 Å². The van der Waals surface area contributed by atoms with Crippen molar-refractivity contribution in [3.63, 3.8) is 0 Å². The topological polar surface area (TPSA) is 121 Å². The summed E-state index contributed by atoms with van der Waals surface area (Å²) in [6.45, 7) is 4.14. The molecule has 4 aromatic rings. The lowest BCUT2D eigenvalue weighted by molar-refractivity contribution is 0.251. The van der Waals surface area contributed by atoms with Crippen LogP contribution in [0.5, 0.6) is 0 Å². The first-order valence-electron chi connectivity index (χ1n) is 12.4. The first-order chi connectivity index (χ1) is 17.2. The van der Waals surface area contributed by atoms with Crippen LogP contribution in [0.25, 0.3) is 27.7 Å². The minimum atomic E-state index is -0.236. The van der Waals surface area contributed by atoms with Crippen molar-refractivity contribution in [2.75, 3.05) is 23.7 Å². The third-order valence-electron chi connectivity index (χ3n) is 6.67. The van der Waals surface area contributed by atoms with Crippen LogP contribution in [-0.4, -0.2) is 55.8 Å². The maximum absolute atomic E-state index is 12.3. The molecule has 10 nitrogen and oxygen atoms in total. The van der Waals surface area contributed by atoms with Gasteiger partial charge in [-0.05, 0) is 68.5 Å². The fraction of sp³-hybridized carbons (Fsp3) is 0.400. The normalized spacial score (nSPS) is 18.0. The lowest BCUT2D eigenvalue weighted by Crippen LogP contribution is -2.38. The molecule has 0 bridgehead atoms. The number of hydrogen-bond donors (Lipinski definition) is 4. The van der Waals surface area contributed by atoms with Gasteiger partial charge in [0.1, 0.15) is 11.8 Å². The predicted octanol–water partition coefficient (Wildman–Crippen LogP) is 3.35. The molecule has 2 amide bonds. The zero-order valence-corrected chi connectivity index (χ0v) is 19.7. The number of rotatable bonds is 6. The summed E-state index contributed by atoms with van der Waals surface area (Å²) in [5.41, 5.74) is 4.79. The lowest BCUT2D eigenvalue weighted by atomic mass is 10.0. The summed E-state index contributed by atoms with van der Waals surface area (Å²) in [6, 6.07) is 8.58. The first kappa shape index (κ1) is 21.7. The quantitative estimate of drug-likeness (QED) is 0.340. The molecule has 4 heterocycles. The van der Waals surface area contributed by atoms with E-state index in [1.165, 1.54) is 6.33 Å². The molecule has 1 atom stereocenters. The second-order valence-corrected chi connectivity index (χ2v) is 9.30. The second-order valence-electron chi connectivity index (χ2n) is 9.30. The molecule has 10 heteroatoms. The minimum Gasteiger partial charge on any atom is -0.350 e. The van der Waals surface area contributed by atoms with E-state index in [9.17, 15) is 4.79 Å². The van der Waals surface area contributed by atoms with E-state index in [2.05, 4.69) is 55.4 Å². The van der Waals surface area contributed by atoms with E-state index < -0.39 is 0 Å². The van der Waals surface area contributed by atoms with E-state index >= 15 is 0 Å². The van der Waals surface area contributed by atoms with Crippen LogP contribution < -0.4 is 21.3 Å². The number of carbonyl (C=O) groups is 1. The number of fused-ring (bicyclic) bond motifs is 2. The van der Waals surface area contributed by atoms with Gasteiger partial charge in [0.05, 0.1) is 11.2 Å². The molecule has 1 aliphatic carbocycles. The number of urea groups is 1. The van der Waals surface area contributed by atoms with Crippen LogP contribution in [0.2, 0.25) is 0 Å². The number of anilines is 2. The minimum absolute atomic E-state index is 0.236. The van der Waals surface area contributed by atoms with Crippen molar-refractivity contribution in [1.29, 1.82) is 0 Å². The summed E-state index contributed by atoms with van der Waals surface area (Å²) >= 11 is 0. The third kappa shape index (κ3) is 4.49. The van der Waals surface area contributed by atoms with Gasteiger partial charge in [0.2, 0.25) is 5.95 Å². The molecule has 6 rings (SSSR count). The second kappa shape index (κ2) is 9.10. The first-order valence-corrected chi connectivity index (χ1v) is 12.4. The number of carbonyl (C=O) groups excluding carboxylic acids is 1. The van der Waals surface area contributed by atoms with Crippen molar-refractivity contribution in [2.24, 2.45) is 0 Å². The Labute approximate surface area is 202 Å². The zero-order chi connectivity index (χ0) is 23.8. The van der Waals surface area contributed by atoms with Crippen LogP contribution in [0, 0.1) is 0 Å². The monoisotopic (exact) mass is 471 g/mol. The summed E-state index contributed by atoms with van der Waals surface area (Å²) < 4.78 is 1.81. The number of piperidine rings is 1. The van der Waals surface area contributed by atoms with Crippen molar-refractivity contribution in [3.05, 3.63) is 42.4 Å². The highest BCUT2D eigenvalue weighted by Gasteiger charge is 2.24. The van der Waals surface area contributed by atoms with Gasteiger partial charge in [-0.25, -0.2) is 24.3 Å². The summed E-state index contributed by atoms with van der Waals surface area (Å²) in [7, 11) is 0. The number of aryl methyl sites for hydroxylation is 1. The highest BCUT2D eigenvalue weighted by molar-refractivity contribution is 5.93. The van der Waals surface area contributed by atoms with E-state index in [0.717, 1.165) is 78.4 Å². The van der Waals surface area contributed by atoms with Crippen LogP contribution in [0.4, 0.5) is 16.6 Å². The van der Waals surface area contributed by atoms with E-state index in [0.29, 0.717) is 17.8 Å². The predicted molar refractivity (Wildman–Crippen MR) is 136 cm³/mol. The van der Waals surface area contributed by atoms with Gasteiger partial charge in [-0.2, -0.15) is 5.10 Å². The van der Waals surface area contributed by atoms with Crippen LogP contribution in [-0.2, 0) is 6.42 Å². The van der Waals surface area contributed by atoms with Crippen LogP contribution in [0.3, 0.4) is 0 Å². The third-order valence-corrected chi connectivity index (χ3v) is 6.67. The summed E-state index contributed by atoms with van der Waals surface area (Å²) in [5, 5.41) is 18.1. The molecule has 3 aromatic heterocycles. The van der Waals surface area contributed by atoms with Gasteiger partial charge in [-0.1, -0.05) is 6.92 Å². The molecule has 0 spiro atoms. The Morgan fingerprint density at radius 2 is 2.09 bits per heavy atom. The number of nitrogens with zero attached hydrogens (tertiary/aromatic N) is 5. The highest BCUT2D eigenvalue weighted by Crippen LogP contribution is 2.30. The lowest BCUT2D eigenvalue weighted by Gasteiger charge is -2.23. The maximum Gasteiger partial charge on any atom is 0.320 e. The molecule has 35 heavy (non-hydrogen) atoms. The van der Waals surface area contributed by atoms with Crippen LogP contribution in [0.15, 0.2) is 36.8 Å². The van der Waals surface area contributed by atoms with Crippen LogP contribution in [0.1, 0.15) is 38.2 Å². The Balaban J connectivity index is 1.32. The number of aromatic nitrogens is 5. The highest BCUT2D eigenvalue weighted by atomic mass is 16.2. The Bertz CT molecular complexity index is 1390. The van der Waals surface area contributed by atoms with E-state index in [1.807, 2.05) is 22.8 Å².